The predicted molar refractivity (Wildman–Crippen MR) is 85.4 cm³/mol. The van der Waals surface area contributed by atoms with E-state index in [1.165, 1.54) is 18.4 Å². The Morgan fingerprint density at radius 1 is 1.29 bits per heavy atom. The van der Waals surface area contributed by atoms with E-state index in [-0.39, 0.29) is 6.54 Å². The van der Waals surface area contributed by atoms with Crippen molar-refractivity contribution < 1.29 is 13.2 Å². The van der Waals surface area contributed by atoms with E-state index in [9.17, 15) is 8.42 Å². The summed E-state index contributed by atoms with van der Waals surface area (Å²) < 4.78 is 32.6. The summed E-state index contributed by atoms with van der Waals surface area (Å²) in [6.45, 7) is 1.99. The fraction of sp³-hybridized carbons (Fsp3) is 0.286. The Hall–Kier alpha value is -0.920. The summed E-state index contributed by atoms with van der Waals surface area (Å²) in [6, 6.07) is 10.6. The maximum Gasteiger partial charge on any atom is 0.250 e. The van der Waals surface area contributed by atoms with Crippen LogP contribution in [0.3, 0.4) is 0 Å². The third-order valence-corrected chi connectivity index (χ3v) is 6.24. The molecule has 1 atom stereocenters. The highest BCUT2D eigenvalue weighted by Crippen LogP contribution is 2.25. The molecule has 4 nitrogen and oxygen atoms in total. The summed E-state index contributed by atoms with van der Waals surface area (Å²) in [5, 5.41) is 0.551. The molecule has 0 saturated heterocycles. The predicted octanol–water partition coefficient (Wildman–Crippen LogP) is 3.38. The monoisotopic (exact) mass is 345 g/mol. The molecule has 7 heteroatoms. The Balaban J connectivity index is 2.12. The summed E-state index contributed by atoms with van der Waals surface area (Å²) in [6.07, 6.45) is -0.436. The molecule has 0 aliphatic heterocycles. The van der Waals surface area contributed by atoms with Crippen molar-refractivity contribution >= 4 is 33.0 Å². The molecule has 0 aliphatic carbocycles. The first-order valence-electron chi connectivity index (χ1n) is 6.27. The minimum Gasteiger partial charge on any atom is -0.375 e. The highest BCUT2D eigenvalue weighted by molar-refractivity contribution is 7.91. The molecule has 1 aromatic carbocycles. The fourth-order valence-electron chi connectivity index (χ4n) is 1.87. The zero-order chi connectivity index (χ0) is 15.5. The van der Waals surface area contributed by atoms with Gasteiger partial charge in [-0.25, -0.2) is 13.1 Å². The Bertz CT molecular complexity index is 713. The Labute approximate surface area is 133 Å². The van der Waals surface area contributed by atoms with Crippen molar-refractivity contribution in [1.82, 2.24) is 4.72 Å². The molecule has 0 amide bonds. The molecule has 0 bridgehead atoms. The zero-order valence-corrected chi connectivity index (χ0v) is 14.1. The van der Waals surface area contributed by atoms with Crippen LogP contribution in [-0.2, 0) is 14.8 Å². The van der Waals surface area contributed by atoms with Crippen LogP contribution in [0.25, 0.3) is 0 Å². The number of ether oxygens (including phenoxy) is 1. The topological polar surface area (TPSA) is 55.4 Å². The lowest BCUT2D eigenvalue weighted by Crippen LogP contribution is -2.28. The molecule has 21 heavy (non-hydrogen) atoms. The van der Waals surface area contributed by atoms with Crippen LogP contribution in [0.2, 0.25) is 5.02 Å². The van der Waals surface area contributed by atoms with E-state index in [4.69, 9.17) is 16.3 Å². The third-order valence-electron chi connectivity index (χ3n) is 2.98. The third kappa shape index (κ3) is 4.05. The minimum atomic E-state index is -3.52. The average molecular weight is 346 g/mol. The molecule has 1 heterocycles. The number of methoxy groups -OCH3 is 1. The van der Waals surface area contributed by atoms with Crippen LogP contribution in [0.5, 0.6) is 0 Å². The van der Waals surface area contributed by atoms with Gasteiger partial charge in [-0.1, -0.05) is 29.8 Å². The summed E-state index contributed by atoms with van der Waals surface area (Å²) in [7, 11) is -1.99. The molecule has 1 N–H and O–H groups in total. The largest absolute Gasteiger partial charge is 0.375 e. The molecule has 2 aromatic rings. The first-order chi connectivity index (χ1) is 9.94. The van der Waals surface area contributed by atoms with Crippen molar-refractivity contribution in [2.24, 2.45) is 0 Å². The number of aryl methyl sites for hydroxylation is 1. The van der Waals surface area contributed by atoms with Gasteiger partial charge in [0.15, 0.2) is 0 Å². The second-order valence-corrected chi connectivity index (χ2v) is 8.15. The maximum atomic E-state index is 12.2. The molecule has 2 rings (SSSR count). The molecular weight excluding hydrogens is 330 g/mol. The molecule has 0 saturated carbocycles. The minimum absolute atomic E-state index is 0.125. The number of halogens is 1. The number of rotatable bonds is 6. The Kier molecular flexibility index (Phi) is 5.40. The fourth-order valence-corrected chi connectivity index (χ4v) is 4.49. The van der Waals surface area contributed by atoms with Gasteiger partial charge in [0.2, 0.25) is 10.0 Å². The van der Waals surface area contributed by atoms with E-state index in [1.807, 2.05) is 25.1 Å². The van der Waals surface area contributed by atoms with Crippen molar-refractivity contribution in [1.29, 1.82) is 0 Å². The standard InChI is InChI=1S/C14H16ClNO3S2/c1-10-7-8-14(20-10)21(17,18)16-9-13(19-2)11-5-3-4-6-12(11)15/h3-8,13,16H,9H2,1-2H3. The van der Waals surface area contributed by atoms with Gasteiger partial charge in [0.05, 0.1) is 6.10 Å². The summed E-state index contributed by atoms with van der Waals surface area (Å²) in [5.74, 6) is 0. The Morgan fingerprint density at radius 3 is 2.57 bits per heavy atom. The number of hydrogen-bond acceptors (Lipinski definition) is 4. The number of thiophene rings is 1. The smallest absolute Gasteiger partial charge is 0.250 e. The van der Waals surface area contributed by atoms with Crippen LogP contribution in [0.15, 0.2) is 40.6 Å². The van der Waals surface area contributed by atoms with Crippen LogP contribution < -0.4 is 4.72 Å². The van der Waals surface area contributed by atoms with Gasteiger partial charge in [0.1, 0.15) is 4.21 Å². The highest BCUT2D eigenvalue weighted by atomic mass is 35.5. The van der Waals surface area contributed by atoms with Gasteiger partial charge in [-0.05, 0) is 25.1 Å². The normalized spacial score (nSPS) is 13.3. The van der Waals surface area contributed by atoms with Crippen LogP contribution in [0.4, 0.5) is 0 Å². The van der Waals surface area contributed by atoms with Gasteiger partial charge in [0, 0.05) is 29.1 Å². The van der Waals surface area contributed by atoms with E-state index in [1.54, 1.807) is 18.2 Å². The number of sulfonamides is 1. The molecule has 1 unspecified atom stereocenters. The second kappa shape index (κ2) is 6.89. The van der Waals surface area contributed by atoms with E-state index in [0.29, 0.717) is 9.23 Å². The zero-order valence-electron chi connectivity index (χ0n) is 11.7. The average Bonchev–Trinajstić information content (AvgIpc) is 2.89. The second-order valence-electron chi connectivity index (χ2n) is 4.46. The van der Waals surface area contributed by atoms with Crippen LogP contribution in [0, 0.1) is 6.92 Å². The summed E-state index contributed by atoms with van der Waals surface area (Å²) in [4.78, 5) is 0.949. The number of hydrogen-bond donors (Lipinski definition) is 1. The Morgan fingerprint density at radius 2 is 2.00 bits per heavy atom. The van der Waals surface area contributed by atoms with E-state index >= 15 is 0 Å². The van der Waals surface area contributed by atoms with Crippen LogP contribution in [-0.4, -0.2) is 22.1 Å². The number of nitrogens with one attached hydrogen (secondary N) is 1. The lowest BCUT2D eigenvalue weighted by atomic mass is 10.1. The van der Waals surface area contributed by atoms with Gasteiger partial charge in [-0.2, -0.15) is 0 Å². The molecular formula is C14H16ClNO3S2. The van der Waals surface area contributed by atoms with E-state index in [0.717, 1.165) is 10.4 Å². The van der Waals surface area contributed by atoms with Crippen molar-refractivity contribution in [3.05, 3.63) is 51.9 Å². The van der Waals surface area contributed by atoms with Gasteiger partial charge in [-0.3, -0.25) is 0 Å². The molecule has 0 fully saturated rings. The van der Waals surface area contributed by atoms with Gasteiger partial charge < -0.3 is 4.74 Å². The quantitative estimate of drug-likeness (QED) is 0.873. The van der Waals surface area contributed by atoms with E-state index < -0.39 is 16.1 Å². The van der Waals surface area contributed by atoms with Crippen molar-refractivity contribution in [2.75, 3.05) is 13.7 Å². The highest BCUT2D eigenvalue weighted by Gasteiger charge is 2.20. The molecule has 1 aromatic heterocycles. The summed E-state index contributed by atoms with van der Waals surface area (Å²) >= 11 is 7.35. The lowest BCUT2D eigenvalue weighted by molar-refractivity contribution is 0.107. The van der Waals surface area contributed by atoms with E-state index in [2.05, 4.69) is 4.72 Å². The summed E-state index contributed by atoms with van der Waals surface area (Å²) in [5.41, 5.74) is 0.756. The van der Waals surface area contributed by atoms with Gasteiger partial charge in [0.25, 0.3) is 0 Å². The lowest BCUT2D eigenvalue weighted by Gasteiger charge is -2.17. The number of benzene rings is 1. The molecule has 0 aliphatic rings. The molecule has 114 valence electrons. The first kappa shape index (κ1) is 16.5. The maximum absolute atomic E-state index is 12.2. The van der Waals surface area contributed by atoms with Crippen LogP contribution >= 0.6 is 22.9 Å². The van der Waals surface area contributed by atoms with Crippen molar-refractivity contribution in [3.63, 3.8) is 0 Å². The van der Waals surface area contributed by atoms with Gasteiger partial charge in [-0.15, -0.1) is 11.3 Å². The van der Waals surface area contributed by atoms with Crippen molar-refractivity contribution in [2.45, 2.75) is 17.2 Å². The van der Waals surface area contributed by atoms with Crippen molar-refractivity contribution in [3.8, 4) is 0 Å². The molecule has 0 radical (unpaired) electrons. The SMILES string of the molecule is COC(CNS(=O)(=O)c1ccc(C)s1)c1ccccc1Cl. The van der Waals surface area contributed by atoms with Crippen LogP contribution in [0.1, 0.15) is 16.5 Å². The first-order valence-corrected chi connectivity index (χ1v) is 8.95. The molecule has 0 spiro atoms. The van der Waals surface area contributed by atoms with Gasteiger partial charge >= 0.3 is 0 Å².